The van der Waals surface area contributed by atoms with Crippen LogP contribution >= 0.6 is 11.3 Å². The second-order valence-corrected chi connectivity index (χ2v) is 15.6. The Kier molecular flexibility index (Phi) is 12.0. The van der Waals surface area contributed by atoms with Crippen LogP contribution in [0.5, 0.6) is 5.75 Å². The fourth-order valence-corrected chi connectivity index (χ4v) is 9.54. The summed E-state index contributed by atoms with van der Waals surface area (Å²) in [6, 6.07) is 5.33. The second-order valence-electron chi connectivity index (χ2n) is 14.4. The lowest BCUT2D eigenvalue weighted by Crippen LogP contribution is -2.48. The van der Waals surface area contributed by atoms with Crippen molar-refractivity contribution in [1.29, 1.82) is 0 Å². The minimum Gasteiger partial charge on any atom is -0.496 e. The maximum absolute atomic E-state index is 13.7. The quantitative estimate of drug-likeness (QED) is 0.126. The third kappa shape index (κ3) is 8.50. The number of carbonyl (C=O) groups excluding carboxylic acids is 2. The van der Waals surface area contributed by atoms with Gasteiger partial charge in [0, 0.05) is 11.7 Å². The van der Waals surface area contributed by atoms with Crippen molar-refractivity contribution < 1.29 is 41.8 Å². The molecule has 3 fully saturated rings. The summed E-state index contributed by atoms with van der Waals surface area (Å²) in [5.74, 6) is -3.10. The fraction of sp³-hybridized carbons (Fsp3) is 0.579. The van der Waals surface area contributed by atoms with Crippen molar-refractivity contribution in [2.45, 2.75) is 104 Å². The summed E-state index contributed by atoms with van der Waals surface area (Å²) < 4.78 is 59.1. The van der Waals surface area contributed by atoms with Crippen LogP contribution in [0, 0.1) is 41.8 Å². The van der Waals surface area contributed by atoms with Crippen LogP contribution in [0.25, 0.3) is 10.2 Å². The maximum Gasteiger partial charge on any atom is 0.419 e. The third-order valence-corrected chi connectivity index (χ3v) is 11.9. The predicted octanol–water partition coefficient (Wildman–Crippen LogP) is 9.40. The van der Waals surface area contributed by atoms with Gasteiger partial charge in [-0.2, -0.15) is 13.2 Å². The van der Waals surface area contributed by atoms with Crippen molar-refractivity contribution in [3.63, 3.8) is 0 Å². The van der Waals surface area contributed by atoms with E-state index in [0.29, 0.717) is 39.1 Å². The van der Waals surface area contributed by atoms with Gasteiger partial charge in [-0.15, -0.1) is 11.3 Å². The van der Waals surface area contributed by atoms with E-state index >= 15 is 0 Å². The van der Waals surface area contributed by atoms with Gasteiger partial charge in [-0.3, -0.25) is 14.4 Å². The first-order valence-electron chi connectivity index (χ1n) is 17.9. The number of nitrogens with one attached hydrogen (secondary N) is 2. The number of halogens is 4. The van der Waals surface area contributed by atoms with E-state index in [1.807, 2.05) is 6.92 Å². The fourth-order valence-electron chi connectivity index (χ4n) is 8.59. The molecule has 278 valence electrons. The molecule has 3 saturated carbocycles. The first-order valence-corrected chi connectivity index (χ1v) is 18.7. The van der Waals surface area contributed by atoms with Gasteiger partial charge in [0.15, 0.2) is 0 Å². The molecule has 8 nitrogen and oxygen atoms in total. The molecule has 0 radical (unpaired) electrons. The number of aliphatic carboxylic acids is 1. The van der Waals surface area contributed by atoms with E-state index in [0.717, 1.165) is 43.2 Å². The van der Waals surface area contributed by atoms with Crippen LogP contribution in [-0.2, 0) is 15.8 Å². The molecule has 13 heteroatoms. The molecule has 51 heavy (non-hydrogen) atoms. The summed E-state index contributed by atoms with van der Waals surface area (Å²) >= 11 is 1.37. The molecule has 1 heterocycles. The van der Waals surface area contributed by atoms with E-state index in [4.69, 9.17) is 9.84 Å². The number of alkyl halides is 3. The van der Waals surface area contributed by atoms with E-state index in [-0.39, 0.29) is 23.4 Å². The van der Waals surface area contributed by atoms with Crippen molar-refractivity contribution in [2.75, 3.05) is 12.4 Å². The molecule has 3 aliphatic rings. The summed E-state index contributed by atoms with van der Waals surface area (Å²) in [6.45, 7) is 6.26. The van der Waals surface area contributed by atoms with E-state index in [2.05, 4.69) is 29.5 Å². The minimum absolute atomic E-state index is 0.00817. The number of carboxylic acid groups (broad SMARTS) is 1. The molecule has 2 aromatic carbocycles. The lowest BCUT2D eigenvalue weighted by Gasteiger charge is -2.46. The van der Waals surface area contributed by atoms with E-state index in [9.17, 15) is 31.9 Å². The number of rotatable bonds is 12. The molecule has 2 amide bonds. The van der Waals surface area contributed by atoms with Gasteiger partial charge >= 0.3 is 12.1 Å². The number of benzene rings is 2. The van der Waals surface area contributed by atoms with E-state index in [1.165, 1.54) is 57.0 Å². The molecule has 3 aliphatic carbocycles. The van der Waals surface area contributed by atoms with Crippen molar-refractivity contribution in [1.82, 2.24) is 10.3 Å². The minimum atomic E-state index is -4.89. The number of amides is 2. The number of carboxylic acids is 1. The number of aromatic nitrogens is 1. The Morgan fingerprint density at radius 1 is 1.04 bits per heavy atom. The number of ether oxygens (including phenoxy) is 1. The Hall–Kier alpha value is -3.74. The van der Waals surface area contributed by atoms with Gasteiger partial charge in [-0.1, -0.05) is 39.5 Å². The molecule has 3 N–H and O–H groups in total. The number of thiazole rings is 1. The van der Waals surface area contributed by atoms with Crippen molar-refractivity contribution in [2.24, 2.45) is 29.1 Å². The van der Waals surface area contributed by atoms with Crippen LogP contribution in [-0.4, -0.2) is 41.0 Å². The number of fused-ring (bicyclic) bond motifs is 3. The normalized spacial score (nSPS) is 25.1. The zero-order valence-corrected chi connectivity index (χ0v) is 30.3. The highest BCUT2D eigenvalue weighted by atomic mass is 32.1. The van der Waals surface area contributed by atoms with Crippen LogP contribution in [0.15, 0.2) is 30.3 Å². The summed E-state index contributed by atoms with van der Waals surface area (Å²) in [4.78, 5) is 42.0. The van der Waals surface area contributed by atoms with Crippen molar-refractivity contribution in [3.05, 3.63) is 52.3 Å². The number of methoxy groups -OCH3 is 1. The van der Waals surface area contributed by atoms with Crippen LogP contribution in [0.3, 0.4) is 0 Å². The summed E-state index contributed by atoms with van der Waals surface area (Å²) in [5.41, 5.74) is -0.183. The number of aryl methyl sites for hydroxylation is 1. The van der Waals surface area contributed by atoms with Gasteiger partial charge in [0.1, 0.15) is 17.1 Å². The average molecular weight is 734 g/mol. The Morgan fingerprint density at radius 3 is 2.41 bits per heavy atom. The highest BCUT2D eigenvalue weighted by Crippen LogP contribution is 2.52. The van der Waals surface area contributed by atoms with Crippen LogP contribution in [0.1, 0.15) is 105 Å². The monoisotopic (exact) mass is 733 g/mol. The Morgan fingerprint density at radius 2 is 1.76 bits per heavy atom. The molecule has 2 bridgehead atoms. The number of unbranched alkanes of at least 4 members (excludes halogenated alkanes) is 2. The van der Waals surface area contributed by atoms with E-state index in [1.54, 1.807) is 12.1 Å². The largest absolute Gasteiger partial charge is 0.496 e. The van der Waals surface area contributed by atoms with Gasteiger partial charge < -0.3 is 20.5 Å². The Labute approximate surface area is 299 Å². The third-order valence-electron chi connectivity index (χ3n) is 10.9. The highest BCUT2D eigenvalue weighted by molar-refractivity contribution is 7.19. The lowest BCUT2D eigenvalue weighted by molar-refractivity contribution is -0.151. The molecule has 4 unspecified atom stereocenters. The standard InChI is InChI=1S/C25H23F4N3O3S.C13H24O2/c1-11-30-17-7-8-18(35-2)20(22(17)36-11)24(34)32-21-13-4-3-12(9-13)19(21)23(33)31-14-5-6-16(26)15(10-14)25(27,28)29;1-3-5-6-8-13(7-4-2)9-11(10-13)12(14)15/h5-8,10,12-13,19,21H,3-4,9H2,1-2H3,(H,31,33)(H,32,34);11H,3-10H2,1-2H3,(H,14,15). The van der Waals surface area contributed by atoms with Crippen LogP contribution in [0.4, 0.5) is 23.2 Å². The zero-order valence-electron chi connectivity index (χ0n) is 29.5. The number of anilines is 1. The molecule has 1 aromatic heterocycles. The maximum atomic E-state index is 13.7. The topological polar surface area (TPSA) is 118 Å². The molecule has 0 saturated heterocycles. The number of hydrogen-bond donors (Lipinski definition) is 3. The number of nitrogens with zero attached hydrogens (tertiary/aromatic N) is 1. The summed E-state index contributed by atoms with van der Waals surface area (Å²) in [5, 5.41) is 15.2. The van der Waals surface area contributed by atoms with Crippen LogP contribution < -0.4 is 15.4 Å². The highest BCUT2D eigenvalue weighted by Gasteiger charge is 2.52. The Balaban J connectivity index is 0.000000283. The van der Waals surface area contributed by atoms with E-state index < -0.39 is 47.3 Å². The molecular formula is C38H47F4N3O5S. The van der Waals surface area contributed by atoms with Gasteiger partial charge in [-0.05, 0) is 99.5 Å². The van der Waals surface area contributed by atoms with Gasteiger partial charge in [0.05, 0.1) is 39.7 Å². The zero-order chi connectivity index (χ0) is 37.1. The molecule has 6 rings (SSSR count). The molecule has 0 spiro atoms. The average Bonchev–Trinajstić information content (AvgIpc) is 3.77. The van der Waals surface area contributed by atoms with Gasteiger partial charge in [0.2, 0.25) is 5.91 Å². The second kappa shape index (κ2) is 15.9. The van der Waals surface area contributed by atoms with Crippen molar-refractivity contribution in [3.8, 4) is 5.75 Å². The molecule has 3 aromatic rings. The summed E-state index contributed by atoms with van der Waals surface area (Å²) in [6.07, 6.45) is 6.84. The molecule has 4 atom stereocenters. The van der Waals surface area contributed by atoms with Crippen molar-refractivity contribution >= 4 is 45.0 Å². The smallest absolute Gasteiger partial charge is 0.419 e. The summed E-state index contributed by atoms with van der Waals surface area (Å²) in [7, 11) is 1.47. The Bertz CT molecular complexity index is 1740. The molecule has 0 aliphatic heterocycles. The SMILES string of the molecule is CCCCCC1(CCC)CC(C(=O)O)C1.COc1ccc2nc(C)sc2c1C(=O)NC1C2CCC(C2)C1C(=O)Nc1ccc(F)c(C(F)(F)F)c1. The first-order chi connectivity index (χ1) is 24.2. The van der Waals surface area contributed by atoms with Gasteiger partial charge in [-0.25, -0.2) is 9.37 Å². The number of hydrogen-bond acceptors (Lipinski definition) is 6. The first kappa shape index (κ1) is 38.5. The lowest BCUT2D eigenvalue weighted by atomic mass is 9.58. The van der Waals surface area contributed by atoms with Crippen LogP contribution in [0.2, 0.25) is 0 Å². The predicted molar refractivity (Wildman–Crippen MR) is 188 cm³/mol. The molecular weight excluding hydrogens is 686 g/mol. The number of carbonyl (C=O) groups is 3. The van der Waals surface area contributed by atoms with Gasteiger partial charge in [0.25, 0.3) is 5.91 Å².